The fourth-order valence-corrected chi connectivity index (χ4v) is 2.02. The molecule has 0 spiro atoms. The Kier molecular flexibility index (Phi) is 4.48. The van der Waals surface area contributed by atoms with Crippen molar-refractivity contribution in [1.82, 2.24) is 5.32 Å². The Morgan fingerprint density at radius 1 is 1.19 bits per heavy atom. The van der Waals surface area contributed by atoms with Gasteiger partial charge in [-0.15, -0.1) is 0 Å². The van der Waals surface area contributed by atoms with Crippen LogP contribution in [0.3, 0.4) is 0 Å². The van der Waals surface area contributed by atoms with Crippen LogP contribution in [-0.2, 0) is 0 Å². The van der Waals surface area contributed by atoms with Crippen molar-refractivity contribution >= 4 is 11.6 Å². The molecule has 0 heterocycles. The molecule has 0 atom stereocenters. The molecule has 0 fully saturated rings. The summed E-state index contributed by atoms with van der Waals surface area (Å²) < 4.78 is 5.93. The maximum atomic E-state index is 12.1. The molecular formula is C17H20N2O2. The zero-order chi connectivity index (χ0) is 15.4. The lowest BCUT2D eigenvalue weighted by Crippen LogP contribution is -2.23. The van der Waals surface area contributed by atoms with Gasteiger partial charge in [-0.25, -0.2) is 0 Å². The minimum Gasteiger partial charge on any atom is -0.456 e. The molecule has 2 rings (SSSR count). The normalized spacial score (nSPS) is 10.2. The number of carbonyl (C=O) groups excluding carboxylic acids is 1. The monoisotopic (exact) mass is 284 g/mol. The van der Waals surface area contributed by atoms with Gasteiger partial charge in [0.2, 0.25) is 0 Å². The molecule has 3 N–H and O–H groups in total. The van der Waals surface area contributed by atoms with Crippen molar-refractivity contribution < 1.29 is 9.53 Å². The number of amides is 1. The third-order valence-corrected chi connectivity index (χ3v) is 3.36. The molecule has 2 aromatic rings. The topological polar surface area (TPSA) is 64.4 Å². The third-order valence-electron chi connectivity index (χ3n) is 3.36. The molecule has 0 unspecified atom stereocenters. The number of nitrogens with two attached hydrogens (primary N) is 1. The first-order chi connectivity index (χ1) is 10.0. The Labute approximate surface area is 124 Å². The minimum absolute atomic E-state index is 0.169. The second kappa shape index (κ2) is 6.31. The fourth-order valence-electron chi connectivity index (χ4n) is 2.02. The maximum absolute atomic E-state index is 12.1. The van der Waals surface area contributed by atoms with Gasteiger partial charge in [0.05, 0.1) is 5.56 Å². The number of nitrogen functional groups attached to an aromatic ring is 1. The summed E-state index contributed by atoms with van der Waals surface area (Å²) in [6.45, 7) is 6.45. The molecule has 0 radical (unpaired) electrons. The summed E-state index contributed by atoms with van der Waals surface area (Å²) in [4.78, 5) is 12.1. The van der Waals surface area contributed by atoms with E-state index in [1.807, 2.05) is 39.0 Å². The van der Waals surface area contributed by atoms with Crippen molar-refractivity contribution in [2.45, 2.75) is 20.8 Å². The molecule has 0 saturated heterocycles. The molecule has 1 amide bonds. The highest BCUT2D eigenvalue weighted by Crippen LogP contribution is 2.30. The van der Waals surface area contributed by atoms with Crippen LogP contribution >= 0.6 is 0 Å². The summed E-state index contributed by atoms with van der Waals surface area (Å²) in [5.41, 5.74) is 9.03. The number of carbonyl (C=O) groups is 1. The fraction of sp³-hybridized carbons (Fsp3) is 0.235. The zero-order valence-corrected chi connectivity index (χ0v) is 12.6. The lowest BCUT2D eigenvalue weighted by atomic mass is 10.1. The predicted molar refractivity (Wildman–Crippen MR) is 84.9 cm³/mol. The van der Waals surface area contributed by atoms with Gasteiger partial charge < -0.3 is 15.8 Å². The standard InChI is InChI=1S/C17H20N2O2/c1-4-19-17(20)14-9-8-13(18)10-16(14)21-15-7-5-6-11(2)12(15)3/h5-10H,4,18H2,1-3H3,(H,19,20). The Hall–Kier alpha value is -2.49. The first-order valence-corrected chi connectivity index (χ1v) is 6.94. The van der Waals surface area contributed by atoms with E-state index in [-0.39, 0.29) is 5.91 Å². The van der Waals surface area contributed by atoms with E-state index in [2.05, 4.69) is 5.32 Å². The molecule has 4 heteroatoms. The number of rotatable bonds is 4. The highest BCUT2D eigenvalue weighted by Gasteiger charge is 2.14. The average molecular weight is 284 g/mol. The highest BCUT2D eigenvalue weighted by molar-refractivity contribution is 5.97. The van der Waals surface area contributed by atoms with E-state index in [1.54, 1.807) is 18.2 Å². The van der Waals surface area contributed by atoms with E-state index in [0.717, 1.165) is 16.9 Å². The summed E-state index contributed by atoms with van der Waals surface area (Å²) in [6.07, 6.45) is 0. The van der Waals surface area contributed by atoms with Crippen LogP contribution in [0, 0.1) is 13.8 Å². The van der Waals surface area contributed by atoms with E-state index >= 15 is 0 Å². The van der Waals surface area contributed by atoms with Gasteiger partial charge in [0, 0.05) is 18.3 Å². The number of ether oxygens (including phenoxy) is 1. The molecular weight excluding hydrogens is 264 g/mol. The lowest BCUT2D eigenvalue weighted by molar-refractivity contribution is 0.0953. The molecule has 110 valence electrons. The number of hydrogen-bond donors (Lipinski definition) is 2. The molecule has 21 heavy (non-hydrogen) atoms. The number of nitrogens with one attached hydrogen (secondary N) is 1. The van der Waals surface area contributed by atoms with E-state index in [1.165, 1.54) is 0 Å². The number of aryl methyl sites for hydroxylation is 1. The Bertz CT molecular complexity index is 666. The summed E-state index contributed by atoms with van der Waals surface area (Å²) in [7, 11) is 0. The summed E-state index contributed by atoms with van der Waals surface area (Å²) in [5.74, 6) is 1.03. The van der Waals surface area contributed by atoms with Crippen LogP contribution < -0.4 is 15.8 Å². The Morgan fingerprint density at radius 3 is 2.67 bits per heavy atom. The largest absolute Gasteiger partial charge is 0.456 e. The van der Waals surface area contributed by atoms with Crippen molar-refractivity contribution in [3.63, 3.8) is 0 Å². The van der Waals surface area contributed by atoms with Crippen molar-refractivity contribution in [3.8, 4) is 11.5 Å². The van der Waals surface area contributed by atoms with Crippen LogP contribution in [0.1, 0.15) is 28.4 Å². The molecule has 0 saturated carbocycles. The Balaban J connectivity index is 2.41. The molecule has 0 aliphatic rings. The number of anilines is 1. The predicted octanol–water partition coefficient (Wildman–Crippen LogP) is 3.43. The second-order valence-electron chi connectivity index (χ2n) is 4.92. The average Bonchev–Trinajstić information content (AvgIpc) is 2.44. The minimum atomic E-state index is -0.169. The van der Waals surface area contributed by atoms with Crippen molar-refractivity contribution in [2.24, 2.45) is 0 Å². The van der Waals surface area contributed by atoms with Gasteiger partial charge in [-0.3, -0.25) is 4.79 Å². The van der Waals surface area contributed by atoms with Crippen molar-refractivity contribution in [1.29, 1.82) is 0 Å². The van der Waals surface area contributed by atoms with Gasteiger partial charge in [0.1, 0.15) is 11.5 Å². The smallest absolute Gasteiger partial charge is 0.255 e. The van der Waals surface area contributed by atoms with E-state index in [9.17, 15) is 4.79 Å². The van der Waals surface area contributed by atoms with Crippen LogP contribution in [0.4, 0.5) is 5.69 Å². The molecule has 0 aromatic heterocycles. The second-order valence-corrected chi connectivity index (χ2v) is 4.92. The molecule has 4 nitrogen and oxygen atoms in total. The van der Waals surface area contributed by atoms with Crippen LogP contribution in [0.25, 0.3) is 0 Å². The zero-order valence-electron chi connectivity index (χ0n) is 12.6. The molecule has 0 bridgehead atoms. The highest BCUT2D eigenvalue weighted by atomic mass is 16.5. The number of benzene rings is 2. The summed E-state index contributed by atoms with van der Waals surface area (Å²) >= 11 is 0. The van der Waals surface area contributed by atoms with Crippen LogP contribution in [0.15, 0.2) is 36.4 Å². The number of hydrogen-bond acceptors (Lipinski definition) is 3. The summed E-state index contributed by atoms with van der Waals surface area (Å²) in [6, 6.07) is 10.9. The van der Waals surface area contributed by atoms with Crippen LogP contribution in [0.5, 0.6) is 11.5 Å². The molecule has 0 aliphatic heterocycles. The summed E-state index contributed by atoms with van der Waals surface area (Å²) in [5, 5.41) is 2.77. The first-order valence-electron chi connectivity index (χ1n) is 6.94. The van der Waals surface area contributed by atoms with Gasteiger partial charge in [-0.2, -0.15) is 0 Å². The maximum Gasteiger partial charge on any atom is 0.255 e. The van der Waals surface area contributed by atoms with Gasteiger partial charge >= 0.3 is 0 Å². The Morgan fingerprint density at radius 2 is 1.95 bits per heavy atom. The van der Waals surface area contributed by atoms with E-state index < -0.39 is 0 Å². The van der Waals surface area contributed by atoms with Crippen molar-refractivity contribution in [2.75, 3.05) is 12.3 Å². The molecule has 2 aromatic carbocycles. The quantitative estimate of drug-likeness (QED) is 0.845. The first kappa shape index (κ1) is 14.9. The van der Waals surface area contributed by atoms with E-state index in [4.69, 9.17) is 10.5 Å². The van der Waals surface area contributed by atoms with Crippen LogP contribution in [0.2, 0.25) is 0 Å². The van der Waals surface area contributed by atoms with Gasteiger partial charge in [-0.1, -0.05) is 12.1 Å². The van der Waals surface area contributed by atoms with Crippen molar-refractivity contribution in [3.05, 3.63) is 53.1 Å². The lowest BCUT2D eigenvalue weighted by Gasteiger charge is -2.14. The third kappa shape index (κ3) is 3.34. The van der Waals surface area contributed by atoms with Gasteiger partial charge in [0.15, 0.2) is 0 Å². The molecule has 0 aliphatic carbocycles. The van der Waals surface area contributed by atoms with Gasteiger partial charge in [-0.05, 0) is 50.1 Å². The van der Waals surface area contributed by atoms with E-state index in [0.29, 0.717) is 23.5 Å². The van der Waals surface area contributed by atoms with Gasteiger partial charge in [0.25, 0.3) is 5.91 Å². The SMILES string of the molecule is CCNC(=O)c1ccc(N)cc1Oc1cccc(C)c1C. The van der Waals surface area contributed by atoms with Crippen LogP contribution in [-0.4, -0.2) is 12.5 Å².